The van der Waals surface area contributed by atoms with Crippen LogP contribution in [0, 0.1) is 11.2 Å². The standard InChI is InChI=1S/C7H12S/c1-3-5-6-7-8-4-2/h3-5H2,1-2H3. The summed E-state index contributed by atoms with van der Waals surface area (Å²) < 4.78 is 0. The van der Waals surface area contributed by atoms with Gasteiger partial charge in [-0.2, -0.15) is 0 Å². The molecule has 0 radical (unpaired) electrons. The maximum Gasteiger partial charge on any atom is 0.00950 e. The van der Waals surface area contributed by atoms with E-state index >= 15 is 0 Å². The van der Waals surface area contributed by atoms with Crippen LogP contribution in [0.2, 0.25) is 0 Å². The minimum absolute atomic E-state index is 1.05. The summed E-state index contributed by atoms with van der Waals surface area (Å²) in [6, 6.07) is 0. The minimum atomic E-state index is 1.05. The molecule has 0 amide bonds. The number of unbranched alkanes of at least 4 members (excludes halogenated alkanes) is 1. The Hall–Kier alpha value is -0.0900. The van der Waals surface area contributed by atoms with Gasteiger partial charge in [-0.25, -0.2) is 0 Å². The molecular formula is C7H12S. The van der Waals surface area contributed by atoms with Crippen molar-refractivity contribution in [1.82, 2.24) is 0 Å². The van der Waals surface area contributed by atoms with E-state index in [1.807, 2.05) is 0 Å². The number of hydrogen-bond acceptors (Lipinski definition) is 1. The van der Waals surface area contributed by atoms with Crippen molar-refractivity contribution in [3.8, 4) is 11.2 Å². The molecule has 0 spiro atoms. The Labute approximate surface area is 56.1 Å². The molecule has 0 nitrogen and oxygen atoms in total. The highest BCUT2D eigenvalue weighted by Gasteiger charge is 1.70. The lowest BCUT2D eigenvalue weighted by Gasteiger charge is -1.77. The first kappa shape index (κ1) is 7.91. The zero-order valence-corrected chi connectivity index (χ0v) is 6.35. The molecular weight excluding hydrogens is 116 g/mol. The Morgan fingerprint density at radius 2 is 2.12 bits per heavy atom. The van der Waals surface area contributed by atoms with Crippen LogP contribution < -0.4 is 0 Å². The SMILES string of the molecule is CCCC#CSCC. The van der Waals surface area contributed by atoms with E-state index in [4.69, 9.17) is 0 Å². The van der Waals surface area contributed by atoms with E-state index < -0.39 is 0 Å². The molecule has 0 fully saturated rings. The number of thioether (sulfide) groups is 1. The van der Waals surface area contributed by atoms with E-state index in [0.717, 1.165) is 12.2 Å². The highest BCUT2D eigenvalue weighted by atomic mass is 32.2. The highest BCUT2D eigenvalue weighted by molar-refractivity contribution is 8.03. The van der Waals surface area contributed by atoms with Gasteiger partial charge >= 0.3 is 0 Å². The summed E-state index contributed by atoms with van der Waals surface area (Å²) in [5.74, 6) is 4.16. The molecule has 0 atom stereocenters. The first-order chi connectivity index (χ1) is 3.91. The van der Waals surface area contributed by atoms with Crippen molar-refractivity contribution < 1.29 is 0 Å². The highest BCUT2D eigenvalue weighted by Crippen LogP contribution is 1.93. The Bertz CT molecular complexity index is 76.3. The quantitative estimate of drug-likeness (QED) is 0.515. The molecule has 46 valence electrons. The topological polar surface area (TPSA) is 0 Å². The summed E-state index contributed by atoms with van der Waals surface area (Å²) in [4.78, 5) is 0. The van der Waals surface area contributed by atoms with Crippen molar-refractivity contribution in [2.75, 3.05) is 5.75 Å². The fraction of sp³-hybridized carbons (Fsp3) is 0.714. The predicted octanol–water partition coefficient (Wildman–Crippen LogP) is 2.50. The van der Waals surface area contributed by atoms with Crippen LogP contribution in [-0.2, 0) is 0 Å². The Morgan fingerprint density at radius 1 is 1.38 bits per heavy atom. The van der Waals surface area contributed by atoms with Crippen LogP contribution >= 0.6 is 11.8 Å². The van der Waals surface area contributed by atoms with E-state index in [1.165, 1.54) is 6.42 Å². The molecule has 0 heterocycles. The van der Waals surface area contributed by atoms with Gasteiger partial charge in [-0.05, 0) is 11.7 Å². The van der Waals surface area contributed by atoms with Crippen LogP contribution in [0.4, 0.5) is 0 Å². The van der Waals surface area contributed by atoms with Crippen LogP contribution in [0.5, 0.6) is 0 Å². The van der Waals surface area contributed by atoms with Gasteiger partial charge in [0.05, 0.1) is 0 Å². The lowest BCUT2D eigenvalue weighted by atomic mass is 10.4. The molecule has 0 saturated carbocycles. The average molecular weight is 128 g/mol. The van der Waals surface area contributed by atoms with Crippen molar-refractivity contribution in [3.63, 3.8) is 0 Å². The van der Waals surface area contributed by atoms with Crippen molar-refractivity contribution >= 4 is 11.8 Å². The van der Waals surface area contributed by atoms with Gasteiger partial charge in [-0.3, -0.25) is 0 Å². The summed E-state index contributed by atoms with van der Waals surface area (Å²) in [6.07, 6.45) is 2.23. The molecule has 0 aromatic heterocycles. The first-order valence-corrected chi connectivity index (χ1v) is 4.00. The Balaban J connectivity index is 2.95. The van der Waals surface area contributed by atoms with Gasteiger partial charge in [0.2, 0.25) is 0 Å². The number of hydrogen-bond donors (Lipinski definition) is 0. The molecule has 0 aliphatic carbocycles. The van der Waals surface area contributed by atoms with E-state index in [0.29, 0.717) is 0 Å². The fourth-order valence-corrected chi connectivity index (χ4v) is 0.648. The van der Waals surface area contributed by atoms with Crippen molar-refractivity contribution in [2.24, 2.45) is 0 Å². The summed E-state index contributed by atoms with van der Waals surface area (Å²) in [5.41, 5.74) is 0. The second-order valence-corrected chi connectivity index (χ2v) is 2.53. The molecule has 8 heavy (non-hydrogen) atoms. The summed E-state index contributed by atoms with van der Waals surface area (Å²) in [6.45, 7) is 4.26. The van der Waals surface area contributed by atoms with E-state index in [-0.39, 0.29) is 0 Å². The third-order valence-electron chi connectivity index (χ3n) is 0.664. The lowest BCUT2D eigenvalue weighted by molar-refractivity contribution is 0.984. The molecule has 0 bridgehead atoms. The maximum atomic E-state index is 3.05. The maximum absolute atomic E-state index is 3.05. The van der Waals surface area contributed by atoms with Crippen LogP contribution in [0.1, 0.15) is 26.7 Å². The predicted molar refractivity (Wildman–Crippen MR) is 40.8 cm³/mol. The molecule has 0 aromatic carbocycles. The van der Waals surface area contributed by atoms with Crippen LogP contribution in [0.25, 0.3) is 0 Å². The van der Waals surface area contributed by atoms with Crippen LogP contribution in [0.3, 0.4) is 0 Å². The van der Waals surface area contributed by atoms with Gasteiger partial charge < -0.3 is 0 Å². The van der Waals surface area contributed by atoms with Crippen molar-refractivity contribution in [2.45, 2.75) is 26.7 Å². The van der Waals surface area contributed by atoms with Crippen LogP contribution in [0.15, 0.2) is 0 Å². The van der Waals surface area contributed by atoms with Crippen molar-refractivity contribution in [1.29, 1.82) is 0 Å². The molecule has 0 rings (SSSR count). The molecule has 0 aromatic rings. The number of rotatable bonds is 2. The summed E-state index contributed by atoms with van der Waals surface area (Å²) >= 11 is 1.69. The van der Waals surface area contributed by atoms with Gasteiger partial charge in [0.1, 0.15) is 0 Å². The van der Waals surface area contributed by atoms with Crippen LogP contribution in [-0.4, -0.2) is 5.75 Å². The molecule has 0 unspecified atom stereocenters. The average Bonchev–Trinajstić information content (AvgIpc) is 1.81. The zero-order chi connectivity index (χ0) is 6.24. The lowest BCUT2D eigenvalue weighted by Crippen LogP contribution is -1.61. The van der Waals surface area contributed by atoms with E-state index in [1.54, 1.807) is 11.8 Å². The second kappa shape index (κ2) is 6.91. The minimum Gasteiger partial charge on any atom is -0.0913 e. The molecule has 1 heteroatoms. The fourth-order valence-electron chi connectivity index (χ4n) is 0.299. The summed E-state index contributed by atoms with van der Waals surface area (Å²) in [5, 5.41) is 3.00. The van der Waals surface area contributed by atoms with Gasteiger partial charge in [-0.1, -0.05) is 31.5 Å². The molecule has 0 aliphatic heterocycles. The molecule has 0 aliphatic rings. The van der Waals surface area contributed by atoms with Gasteiger partial charge in [-0.15, -0.1) is 0 Å². The first-order valence-electron chi connectivity index (χ1n) is 3.01. The molecule has 0 saturated heterocycles. The van der Waals surface area contributed by atoms with Gasteiger partial charge in [0, 0.05) is 12.2 Å². The van der Waals surface area contributed by atoms with Gasteiger partial charge in [0.25, 0.3) is 0 Å². The second-order valence-electron chi connectivity index (χ2n) is 1.46. The monoisotopic (exact) mass is 128 g/mol. The van der Waals surface area contributed by atoms with Gasteiger partial charge in [0.15, 0.2) is 0 Å². The zero-order valence-electron chi connectivity index (χ0n) is 5.53. The Kier molecular flexibility index (Phi) is 6.83. The largest absolute Gasteiger partial charge is 0.0913 e. The third kappa shape index (κ3) is 5.91. The third-order valence-corrected chi connectivity index (χ3v) is 1.24. The Morgan fingerprint density at radius 3 is 2.62 bits per heavy atom. The smallest absolute Gasteiger partial charge is 0.00950 e. The molecule has 0 N–H and O–H groups in total. The normalized spacial score (nSPS) is 7.75. The van der Waals surface area contributed by atoms with E-state index in [2.05, 4.69) is 25.0 Å². The van der Waals surface area contributed by atoms with Crippen molar-refractivity contribution in [3.05, 3.63) is 0 Å². The summed E-state index contributed by atoms with van der Waals surface area (Å²) in [7, 11) is 0. The van der Waals surface area contributed by atoms with E-state index in [9.17, 15) is 0 Å².